The van der Waals surface area contributed by atoms with Gasteiger partial charge in [-0.15, -0.1) is 0 Å². The van der Waals surface area contributed by atoms with Gasteiger partial charge in [0.05, 0.1) is 11.0 Å². The zero-order chi connectivity index (χ0) is 22.6. The Morgan fingerprint density at radius 2 is 1.88 bits per heavy atom. The Morgan fingerprint density at radius 1 is 1.12 bits per heavy atom. The summed E-state index contributed by atoms with van der Waals surface area (Å²) in [6.45, 7) is 4.86. The van der Waals surface area contributed by atoms with Crippen LogP contribution < -0.4 is 14.2 Å². The van der Waals surface area contributed by atoms with Crippen LogP contribution in [0.1, 0.15) is 36.5 Å². The molecule has 2 aliphatic rings. The maximum atomic E-state index is 12.9. The summed E-state index contributed by atoms with van der Waals surface area (Å²) < 4.78 is 44.8. The highest BCUT2D eigenvalue weighted by Gasteiger charge is 2.25. The van der Waals surface area contributed by atoms with Crippen LogP contribution in [0.5, 0.6) is 11.5 Å². The first kappa shape index (κ1) is 22.4. The number of hydrogen-bond donors (Lipinski definition) is 1. The summed E-state index contributed by atoms with van der Waals surface area (Å²) in [5.41, 5.74) is 0.891. The van der Waals surface area contributed by atoms with E-state index in [1.54, 1.807) is 35.2 Å². The van der Waals surface area contributed by atoms with Crippen LogP contribution in [-0.2, 0) is 14.8 Å². The van der Waals surface area contributed by atoms with Crippen molar-refractivity contribution >= 4 is 21.6 Å². The largest absolute Gasteiger partial charge is 0.486 e. The van der Waals surface area contributed by atoms with Crippen LogP contribution in [-0.4, -0.2) is 58.2 Å². The summed E-state index contributed by atoms with van der Waals surface area (Å²) in [7, 11) is -3.81. The van der Waals surface area contributed by atoms with E-state index in [0.29, 0.717) is 55.7 Å². The number of sulfonamides is 1. The van der Waals surface area contributed by atoms with Gasteiger partial charge in [0.2, 0.25) is 0 Å². The predicted molar refractivity (Wildman–Crippen MR) is 120 cm³/mol. The summed E-state index contributed by atoms with van der Waals surface area (Å²) in [6.07, 6.45) is 2.90. The highest BCUT2D eigenvalue weighted by atomic mass is 32.2. The minimum absolute atomic E-state index is 0.0731. The van der Waals surface area contributed by atoms with Gasteiger partial charge in [-0.05, 0) is 55.7 Å². The monoisotopic (exact) mass is 460 g/mol. The molecule has 0 aromatic heterocycles. The fourth-order valence-corrected chi connectivity index (χ4v) is 4.89. The molecule has 1 atom stereocenters. The first-order valence-corrected chi connectivity index (χ1v) is 12.4. The smallest absolute Gasteiger partial charge is 0.262 e. The summed E-state index contributed by atoms with van der Waals surface area (Å²) in [5.74, 6) is 0.858. The van der Waals surface area contributed by atoms with Crippen LogP contribution in [0, 0.1) is 0 Å². The molecule has 2 aliphatic heterocycles. The van der Waals surface area contributed by atoms with Crippen molar-refractivity contribution in [2.75, 3.05) is 37.6 Å². The zero-order valence-corrected chi connectivity index (χ0v) is 18.9. The van der Waals surface area contributed by atoms with Crippen molar-refractivity contribution in [3.8, 4) is 11.5 Å². The van der Waals surface area contributed by atoms with Crippen molar-refractivity contribution in [1.82, 2.24) is 4.90 Å². The maximum absolute atomic E-state index is 12.9. The Bertz CT molecular complexity index is 1050. The second kappa shape index (κ2) is 9.79. The van der Waals surface area contributed by atoms with Crippen LogP contribution in [0.15, 0.2) is 47.4 Å². The average molecular weight is 461 g/mol. The van der Waals surface area contributed by atoms with Crippen molar-refractivity contribution in [1.29, 1.82) is 0 Å². The van der Waals surface area contributed by atoms with Gasteiger partial charge in [-0.2, -0.15) is 0 Å². The highest BCUT2D eigenvalue weighted by molar-refractivity contribution is 7.92. The Hall–Kier alpha value is -2.78. The van der Waals surface area contributed by atoms with Crippen molar-refractivity contribution in [2.45, 2.75) is 37.2 Å². The van der Waals surface area contributed by atoms with Crippen LogP contribution in [0.25, 0.3) is 0 Å². The third-order valence-electron chi connectivity index (χ3n) is 5.43. The van der Waals surface area contributed by atoms with E-state index < -0.39 is 10.0 Å². The second-order valence-electron chi connectivity index (χ2n) is 7.87. The van der Waals surface area contributed by atoms with E-state index in [1.165, 1.54) is 12.1 Å². The van der Waals surface area contributed by atoms with E-state index in [0.717, 1.165) is 19.3 Å². The zero-order valence-electron chi connectivity index (χ0n) is 18.1. The lowest BCUT2D eigenvalue weighted by molar-refractivity contribution is 0.00211. The molecule has 0 radical (unpaired) electrons. The number of likely N-dealkylation sites (tertiary alicyclic amines) is 1. The number of benzene rings is 2. The molecule has 9 heteroatoms. The van der Waals surface area contributed by atoms with Crippen LogP contribution in [0.4, 0.5) is 5.69 Å². The Labute approximate surface area is 188 Å². The molecule has 1 N–H and O–H groups in total. The molecule has 0 spiro atoms. The number of hydrogen-bond acceptors (Lipinski definition) is 6. The number of nitrogens with zero attached hydrogens (tertiary/aromatic N) is 1. The van der Waals surface area contributed by atoms with E-state index in [9.17, 15) is 13.2 Å². The number of ether oxygens (including phenoxy) is 3. The molecule has 0 bridgehead atoms. The number of rotatable bonds is 7. The Balaban J connectivity index is 1.41. The van der Waals surface area contributed by atoms with E-state index in [-0.39, 0.29) is 16.9 Å². The second-order valence-corrected chi connectivity index (χ2v) is 9.56. The number of nitrogens with one attached hydrogen (secondary N) is 1. The van der Waals surface area contributed by atoms with Crippen LogP contribution in [0.2, 0.25) is 0 Å². The fourth-order valence-electron chi connectivity index (χ4n) is 3.81. The summed E-state index contributed by atoms with van der Waals surface area (Å²) in [4.78, 5) is 14.8. The standard InChI is InChI=1S/C23H28N2O6S/c1-2-12-29-19-4-3-11-25(16-19)23(26)17-5-7-18(8-6-17)24-32(27,28)20-9-10-21-22(15-20)31-14-13-30-21/h5-10,15,19,24H,2-4,11-14,16H2,1H3. The van der Waals surface area contributed by atoms with Crippen LogP contribution >= 0.6 is 0 Å². The quantitative estimate of drug-likeness (QED) is 0.682. The molecular formula is C23H28N2O6S. The lowest BCUT2D eigenvalue weighted by atomic mass is 10.1. The molecule has 0 aliphatic carbocycles. The molecule has 1 amide bonds. The average Bonchev–Trinajstić information content (AvgIpc) is 2.82. The SMILES string of the molecule is CCCOC1CCCN(C(=O)c2ccc(NS(=O)(=O)c3ccc4c(c3)OCCO4)cc2)C1. The molecule has 2 heterocycles. The molecule has 2 aromatic carbocycles. The number of carbonyl (C=O) groups is 1. The highest BCUT2D eigenvalue weighted by Crippen LogP contribution is 2.32. The van der Waals surface area contributed by atoms with Gasteiger partial charge >= 0.3 is 0 Å². The number of piperidine rings is 1. The van der Waals surface area contributed by atoms with Gasteiger partial charge in [-0.3, -0.25) is 9.52 Å². The molecular weight excluding hydrogens is 432 g/mol. The number of fused-ring (bicyclic) bond motifs is 1. The summed E-state index contributed by atoms with van der Waals surface area (Å²) >= 11 is 0. The topological polar surface area (TPSA) is 94.2 Å². The predicted octanol–water partition coefficient (Wildman–Crippen LogP) is 3.29. The lowest BCUT2D eigenvalue weighted by Crippen LogP contribution is -2.43. The third-order valence-corrected chi connectivity index (χ3v) is 6.81. The normalized spacial score (nSPS) is 18.3. The Kier molecular flexibility index (Phi) is 6.86. The molecule has 172 valence electrons. The minimum atomic E-state index is -3.81. The molecule has 32 heavy (non-hydrogen) atoms. The third kappa shape index (κ3) is 5.16. The molecule has 4 rings (SSSR count). The van der Waals surface area contributed by atoms with Gasteiger partial charge in [0.25, 0.3) is 15.9 Å². The molecule has 0 saturated carbocycles. The van der Waals surface area contributed by atoms with Crippen molar-refractivity contribution in [3.63, 3.8) is 0 Å². The van der Waals surface area contributed by atoms with Crippen LogP contribution in [0.3, 0.4) is 0 Å². The first-order valence-electron chi connectivity index (χ1n) is 10.9. The molecule has 1 fully saturated rings. The minimum Gasteiger partial charge on any atom is -0.486 e. The lowest BCUT2D eigenvalue weighted by Gasteiger charge is -2.32. The van der Waals surface area contributed by atoms with Gasteiger partial charge in [0.1, 0.15) is 13.2 Å². The van der Waals surface area contributed by atoms with Gasteiger partial charge in [0, 0.05) is 37.0 Å². The van der Waals surface area contributed by atoms with Crippen molar-refractivity contribution in [3.05, 3.63) is 48.0 Å². The van der Waals surface area contributed by atoms with Gasteiger partial charge in [-0.1, -0.05) is 6.92 Å². The van der Waals surface area contributed by atoms with Crippen molar-refractivity contribution < 1.29 is 27.4 Å². The number of amides is 1. The van der Waals surface area contributed by atoms with E-state index in [4.69, 9.17) is 14.2 Å². The van der Waals surface area contributed by atoms with Crippen molar-refractivity contribution in [2.24, 2.45) is 0 Å². The maximum Gasteiger partial charge on any atom is 0.262 e. The van der Waals surface area contributed by atoms with Gasteiger partial charge in [-0.25, -0.2) is 8.42 Å². The molecule has 2 aromatic rings. The Morgan fingerprint density at radius 3 is 2.62 bits per heavy atom. The molecule has 1 unspecified atom stereocenters. The van der Waals surface area contributed by atoms with E-state index in [2.05, 4.69) is 11.6 Å². The van der Waals surface area contributed by atoms with E-state index >= 15 is 0 Å². The van der Waals surface area contributed by atoms with Gasteiger partial charge in [0.15, 0.2) is 11.5 Å². The molecule has 1 saturated heterocycles. The van der Waals surface area contributed by atoms with E-state index in [1.807, 2.05) is 0 Å². The number of carbonyl (C=O) groups excluding carboxylic acids is 1. The van der Waals surface area contributed by atoms with Gasteiger partial charge < -0.3 is 19.1 Å². The molecule has 8 nitrogen and oxygen atoms in total. The first-order chi connectivity index (χ1) is 15.5. The summed E-state index contributed by atoms with van der Waals surface area (Å²) in [6, 6.07) is 11.0. The summed E-state index contributed by atoms with van der Waals surface area (Å²) in [5, 5.41) is 0. The fraction of sp³-hybridized carbons (Fsp3) is 0.435. The number of anilines is 1.